The van der Waals surface area contributed by atoms with Crippen LogP contribution in [0.15, 0.2) is 91.0 Å². The number of hydrogen-bond donors (Lipinski definition) is 0. The third-order valence-corrected chi connectivity index (χ3v) is 6.23. The topological polar surface area (TPSA) is 0 Å². The van der Waals surface area contributed by atoms with E-state index in [-0.39, 0.29) is 64.4 Å². The summed E-state index contributed by atoms with van der Waals surface area (Å²) in [5.41, 5.74) is 10.2. The number of aryl methyl sites for hydroxylation is 3. The maximum atomic E-state index is 2.41. The third kappa shape index (κ3) is 6.23. The van der Waals surface area contributed by atoms with E-state index in [4.69, 9.17) is 0 Å². The fourth-order valence-electron chi connectivity index (χ4n) is 4.69. The zero-order chi connectivity index (χ0) is 21.3. The average molecular weight is 546 g/mol. The SMILES string of the molecule is Cc1cccc(C(c2cccc(C)c2)(c2cccc(C)c2)[c-]2ccc(C(C)C)c2)c1.[Cl-].[Cl-].[Cl-].[Ti+4]. The number of hydrogen-bond acceptors (Lipinski definition) is 0. The van der Waals surface area contributed by atoms with Crippen LogP contribution in [0.5, 0.6) is 0 Å². The summed E-state index contributed by atoms with van der Waals surface area (Å²) in [5, 5.41) is 0. The maximum Gasteiger partial charge on any atom is 4.00 e. The minimum Gasteiger partial charge on any atom is -1.00 e. The van der Waals surface area contributed by atoms with Crippen molar-refractivity contribution in [1.29, 1.82) is 0 Å². The Bertz CT molecular complexity index is 1070. The van der Waals surface area contributed by atoms with Crippen LogP contribution in [0.2, 0.25) is 0 Å². The van der Waals surface area contributed by atoms with Gasteiger partial charge < -0.3 is 37.2 Å². The summed E-state index contributed by atoms with van der Waals surface area (Å²) in [7, 11) is 0. The summed E-state index contributed by atoms with van der Waals surface area (Å²) in [4.78, 5) is 0. The molecule has 4 heteroatoms. The quantitative estimate of drug-likeness (QED) is 0.169. The molecule has 0 atom stereocenters. The smallest absolute Gasteiger partial charge is 1.00 e. The normalized spacial score (nSPS) is 10.4. The summed E-state index contributed by atoms with van der Waals surface area (Å²) >= 11 is 0. The molecule has 0 aliphatic rings. The zero-order valence-electron chi connectivity index (χ0n) is 20.4. The minimum atomic E-state index is -0.350. The largest absolute Gasteiger partial charge is 4.00 e. The van der Waals surface area contributed by atoms with Crippen molar-refractivity contribution in [1.82, 2.24) is 0 Å². The zero-order valence-corrected chi connectivity index (χ0v) is 24.2. The summed E-state index contributed by atoms with van der Waals surface area (Å²) in [5.74, 6) is 0.504. The fraction of sp³-hybridized carbons (Fsp3) is 0.233. The van der Waals surface area contributed by atoms with Gasteiger partial charge in [-0.2, -0.15) is 17.7 Å². The molecule has 0 aliphatic heterocycles. The van der Waals surface area contributed by atoms with Gasteiger partial charge in [-0.15, -0.1) is 5.56 Å². The van der Waals surface area contributed by atoms with E-state index in [0.29, 0.717) is 5.92 Å². The number of benzene rings is 3. The molecule has 0 unspecified atom stereocenters. The first-order valence-electron chi connectivity index (χ1n) is 10.9. The Labute approximate surface area is 239 Å². The molecule has 0 nitrogen and oxygen atoms in total. The van der Waals surface area contributed by atoms with Gasteiger partial charge in [0.1, 0.15) is 0 Å². The van der Waals surface area contributed by atoms with Gasteiger partial charge in [-0.3, -0.25) is 0 Å². The molecule has 0 amide bonds. The van der Waals surface area contributed by atoms with Crippen molar-refractivity contribution in [2.45, 2.75) is 46.0 Å². The first-order chi connectivity index (χ1) is 14.4. The van der Waals surface area contributed by atoms with Crippen LogP contribution >= 0.6 is 0 Å². The molecule has 0 bridgehead atoms. The van der Waals surface area contributed by atoms with E-state index in [1.807, 2.05) is 0 Å². The first-order valence-corrected chi connectivity index (χ1v) is 10.9. The molecule has 4 aromatic rings. The van der Waals surface area contributed by atoms with Gasteiger partial charge in [-0.1, -0.05) is 109 Å². The Morgan fingerprint density at radius 3 is 1.29 bits per heavy atom. The molecular weight excluding hydrogens is 515 g/mol. The van der Waals surface area contributed by atoms with Gasteiger partial charge in [0.05, 0.1) is 0 Å². The maximum absolute atomic E-state index is 2.41. The van der Waals surface area contributed by atoms with Gasteiger partial charge in [-0.25, -0.2) is 6.07 Å². The van der Waals surface area contributed by atoms with Crippen molar-refractivity contribution >= 4 is 0 Å². The van der Waals surface area contributed by atoms with E-state index >= 15 is 0 Å². The summed E-state index contributed by atoms with van der Waals surface area (Å²) in [6, 6.07) is 34.1. The molecule has 176 valence electrons. The van der Waals surface area contributed by atoms with E-state index < -0.39 is 0 Å². The molecule has 0 radical (unpaired) electrons. The number of rotatable bonds is 5. The molecule has 0 fully saturated rings. The van der Waals surface area contributed by atoms with Crippen LogP contribution in [0.25, 0.3) is 0 Å². The molecule has 4 rings (SSSR count). The van der Waals surface area contributed by atoms with Crippen LogP contribution in [0.3, 0.4) is 0 Å². The van der Waals surface area contributed by atoms with Crippen molar-refractivity contribution in [3.05, 3.63) is 136 Å². The van der Waals surface area contributed by atoms with Crippen molar-refractivity contribution in [3.8, 4) is 0 Å². The summed E-state index contributed by atoms with van der Waals surface area (Å²) in [6.45, 7) is 11.1. The molecular formula is C30H31Cl3Ti. The van der Waals surface area contributed by atoms with Crippen molar-refractivity contribution in [3.63, 3.8) is 0 Å². The third-order valence-electron chi connectivity index (χ3n) is 6.23. The first kappa shape index (κ1) is 32.6. The van der Waals surface area contributed by atoms with Crippen LogP contribution in [0.1, 0.15) is 64.3 Å². The predicted molar refractivity (Wildman–Crippen MR) is 129 cm³/mol. The van der Waals surface area contributed by atoms with Crippen LogP contribution < -0.4 is 37.2 Å². The van der Waals surface area contributed by atoms with E-state index in [0.717, 1.165) is 0 Å². The van der Waals surface area contributed by atoms with Gasteiger partial charge in [0.25, 0.3) is 0 Å². The monoisotopic (exact) mass is 544 g/mol. The molecule has 0 N–H and O–H groups in total. The van der Waals surface area contributed by atoms with Crippen LogP contribution in [-0.4, -0.2) is 0 Å². The van der Waals surface area contributed by atoms with Crippen LogP contribution in [0.4, 0.5) is 0 Å². The Hall–Kier alpha value is -1.41. The van der Waals surface area contributed by atoms with Crippen molar-refractivity contribution in [2.75, 3.05) is 0 Å². The van der Waals surface area contributed by atoms with E-state index in [9.17, 15) is 0 Å². The van der Waals surface area contributed by atoms with E-state index in [1.54, 1.807) is 0 Å². The molecule has 0 aliphatic carbocycles. The molecule has 0 saturated carbocycles. The Morgan fingerprint density at radius 2 is 1.00 bits per heavy atom. The minimum absolute atomic E-state index is 0. The summed E-state index contributed by atoms with van der Waals surface area (Å²) < 4.78 is 0. The van der Waals surface area contributed by atoms with Gasteiger partial charge >= 0.3 is 21.7 Å². The average Bonchev–Trinajstić information content (AvgIpc) is 3.20. The molecule has 34 heavy (non-hydrogen) atoms. The van der Waals surface area contributed by atoms with Crippen LogP contribution in [-0.2, 0) is 27.1 Å². The predicted octanol–water partition coefficient (Wildman–Crippen LogP) is -1.15. The van der Waals surface area contributed by atoms with Gasteiger partial charge in [0.15, 0.2) is 0 Å². The molecule has 0 spiro atoms. The van der Waals surface area contributed by atoms with Gasteiger partial charge in [-0.05, 0) is 37.5 Å². The molecule has 0 heterocycles. The van der Waals surface area contributed by atoms with E-state index in [1.165, 1.54) is 44.5 Å². The molecule has 0 aromatic heterocycles. The molecule has 4 aromatic carbocycles. The second kappa shape index (κ2) is 13.6. The fourth-order valence-corrected chi connectivity index (χ4v) is 4.69. The number of halogens is 3. The van der Waals surface area contributed by atoms with Crippen LogP contribution in [0, 0.1) is 20.8 Å². The standard InChI is InChI=1S/C30H31.3ClH.Ti/c1-21(2)25-15-16-29(20-25)30(26-12-6-9-22(3)17-26,27-13-7-10-23(4)18-27)28-14-8-11-24(5)19-28;;;;/h6-21H,1-5H3;3*1H;/q-1;;;;+4/p-3. The Balaban J connectivity index is 0.00000272. The van der Waals surface area contributed by atoms with Crippen molar-refractivity contribution < 1.29 is 58.9 Å². The Morgan fingerprint density at radius 1 is 0.618 bits per heavy atom. The molecule has 0 saturated heterocycles. The van der Waals surface area contributed by atoms with E-state index in [2.05, 4.69) is 126 Å². The Kier molecular flexibility index (Phi) is 13.1. The second-order valence-electron chi connectivity index (χ2n) is 8.95. The second-order valence-corrected chi connectivity index (χ2v) is 8.95. The van der Waals surface area contributed by atoms with Gasteiger partial charge in [0, 0.05) is 5.41 Å². The summed E-state index contributed by atoms with van der Waals surface area (Å²) in [6.07, 6.45) is 0. The van der Waals surface area contributed by atoms with Gasteiger partial charge in [0.2, 0.25) is 0 Å². The van der Waals surface area contributed by atoms with Crippen molar-refractivity contribution in [2.24, 2.45) is 0 Å².